The molecule has 0 aliphatic rings. The van der Waals surface area contributed by atoms with Crippen molar-refractivity contribution in [3.05, 3.63) is 66.4 Å². The van der Waals surface area contributed by atoms with E-state index in [2.05, 4.69) is 20.9 Å². The summed E-state index contributed by atoms with van der Waals surface area (Å²) >= 11 is 0. The molecule has 0 bridgehead atoms. The predicted octanol–water partition coefficient (Wildman–Crippen LogP) is 2.35. The van der Waals surface area contributed by atoms with Crippen molar-refractivity contribution in [2.75, 3.05) is 19.7 Å². The van der Waals surface area contributed by atoms with E-state index in [9.17, 15) is 13.2 Å². The molecule has 1 amide bonds. The molecule has 2 N–H and O–H groups in total. The predicted molar refractivity (Wildman–Crippen MR) is 115 cm³/mol. The Morgan fingerprint density at radius 3 is 2.77 bits per heavy atom. The van der Waals surface area contributed by atoms with Crippen molar-refractivity contribution in [2.24, 2.45) is 0 Å². The second kappa shape index (κ2) is 9.87. The number of hydrogen-bond donors (Lipinski definition) is 2. The van der Waals surface area contributed by atoms with Gasteiger partial charge in [0.2, 0.25) is 10.0 Å². The lowest BCUT2D eigenvalue weighted by molar-refractivity contribution is 0.0951. The van der Waals surface area contributed by atoms with E-state index >= 15 is 0 Å². The Labute approximate surface area is 175 Å². The zero-order valence-corrected chi connectivity index (χ0v) is 17.0. The van der Waals surface area contributed by atoms with Gasteiger partial charge >= 0.3 is 0 Å². The van der Waals surface area contributed by atoms with Crippen LogP contribution in [0.3, 0.4) is 0 Å². The van der Waals surface area contributed by atoms with Crippen LogP contribution in [0.5, 0.6) is 5.75 Å². The van der Waals surface area contributed by atoms with Crippen molar-refractivity contribution < 1.29 is 17.9 Å². The number of fused-ring (bicyclic) bond motifs is 1. The first kappa shape index (κ1) is 21.3. The Kier molecular flexibility index (Phi) is 7.01. The third kappa shape index (κ3) is 5.35. The van der Waals surface area contributed by atoms with E-state index in [1.165, 1.54) is 18.2 Å². The van der Waals surface area contributed by atoms with E-state index in [4.69, 9.17) is 11.2 Å². The summed E-state index contributed by atoms with van der Waals surface area (Å²) in [6.45, 7) is 0.661. The van der Waals surface area contributed by atoms with Crippen LogP contribution in [0.4, 0.5) is 0 Å². The number of amides is 1. The maximum atomic E-state index is 12.3. The fourth-order valence-corrected chi connectivity index (χ4v) is 3.76. The van der Waals surface area contributed by atoms with Crippen LogP contribution in [0.2, 0.25) is 0 Å². The summed E-state index contributed by atoms with van der Waals surface area (Å²) < 4.78 is 32.3. The SMILES string of the molecule is C#CCNS(=O)(=O)c1cccc(C(=O)NCCCOc2cccc3cccnc23)c1. The Hall–Kier alpha value is -3.41. The molecular weight excluding hydrogens is 402 g/mol. The molecule has 2 aromatic carbocycles. The third-order valence-electron chi connectivity index (χ3n) is 4.23. The number of carbonyl (C=O) groups excluding carboxylic acids is 1. The van der Waals surface area contributed by atoms with Crippen LogP contribution in [0.1, 0.15) is 16.8 Å². The number of pyridine rings is 1. The molecule has 0 saturated heterocycles. The molecule has 3 rings (SSSR count). The molecule has 0 atom stereocenters. The van der Waals surface area contributed by atoms with Gasteiger partial charge in [0, 0.05) is 23.7 Å². The maximum Gasteiger partial charge on any atom is 0.251 e. The number of nitrogens with zero attached hydrogens (tertiary/aromatic N) is 1. The minimum atomic E-state index is -3.75. The molecular formula is C22H21N3O4S. The first-order valence-electron chi connectivity index (χ1n) is 9.29. The molecule has 0 spiro atoms. The number of para-hydroxylation sites is 1. The van der Waals surface area contributed by atoms with Gasteiger partial charge in [-0.25, -0.2) is 8.42 Å². The summed E-state index contributed by atoms with van der Waals surface area (Å²) in [7, 11) is -3.75. The minimum Gasteiger partial charge on any atom is -0.491 e. The van der Waals surface area contributed by atoms with Crippen LogP contribution in [0, 0.1) is 12.3 Å². The van der Waals surface area contributed by atoms with E-state index in [1.54, 1.807) is 12.3 Å². The Balaban J connectivity index is 1.51. The summed E-state index contributed by atoms with van der Waals surface area (Å²) in [5.41, 5.74) is 1.04. The highest BCUT2D eigenvalue weighted by Crippen LogP contribution is 2.22. The van der Waals surface area contributed by atoms with E-state index in [1.807, 2.05) is 30.3 Å². The lowest BCUT2D eigenvalue weighted by atomic mass is 10.2. The molecule has 154 valence electrons. The fraction of sp³-hybridized carbons (Fsp3) is 0.182. The van der Waals surface area contributed by atoms with Gasteiger partial charge < -0.3 is 10.1 Å². The van der Waals surface area contributed by atoms with E-state index in [0.29, 0.717) is 25.3 Å². The molecule has 0 fully saturated rings. The van der Waals surface area contributed by atoms with Crippen LogP contribution in [-0.4, -0.2) is 39.0 Å². The Bertz CT molecular complexity index is 1180. The van der Waals surface area contributed by atoms with Crippen LogP contribution in [0.15, 0.2) is 65.7 Å². The molecule has 0 aliphatic heterocycles. The zero-order chi connectivity index (χ0) is 21.4. The zero-order valence-electron chi connectivity index (χ0n) is 16.2. The van der Waals surface area contributed by atoms with Crippen molar-refractivity contribution in [2.45, 2.75) is 11.3 Å². The van der Waals surface area contributed by atoms with Gasteiger partial charge in [-0.15, -0.1) is 6.42 Å². The summed E-state index contributed by atoms with van der Waals surface area (Å²) in [6, 6.07) is 15.3. The average Bonchev–Trinajstić information content (AvgIpc) is 2.77. The largest absolute Gasteiger partial charge is 0.491 e. The first-order valence-corrected chi connectivity index (χ1v) is 10.8. The minimum absolute atomic E-state index is 0.0165. The first-order chi connectivity index (χ1) is 14.5. The molecule has 0 radical (unpaired) electrons. The molecule has 7 nitrogen and oxygen atoms in total. The van der Waals surface area contributed by atoms with E-state index in [-0.39, 0.29) is 22.9 Å². The molecule has 8 heteroatoms. The highest BCUT2D eigenvalue weighted by Gasteiger charge is 2.15. The van der Waals surface area contributed by atoms with Gasteiger partial charge in [0.05, 0.1) is 18.0 Å². The normalized spacial score (nSPS) is 11.0. The third-order valence-corrected chi connectivity index (χ3v) is 5.63. The number of carbonyl (C=O) groups is 1. The molecule has 1 heterocycles. The van der Waals surface area contributed by atoms with Crippen molar-refractivity contribution in [3.63, 3.8) is 0 Å². The van der Waals surface area contributed by atoms with Gasteiger partial charge in [0.1, 0.15) is 11.3 Å². The van der Waals surface area contributed by atoms with Crippen molar-refractivity contribution in [3.8, 4) is 18.1 Å². The monoisotopic (exact) mass is 423 g/mol. The maximum absolute atomic E-state index is 12.3. The topological polar surface area (TPSA) is 97.4 Å². The average molecular weight is 423 g/mol. The van der Waals surface area contributed by atoms with E-state index in [0.717, 1.165) is 10.9 Å². The highest BCUT2D eigenvalue weighted by molar-refractivity contribution is 7.89. The summed E-state index contributed by atoms with van der Waals surface area (Å²) in [5.74, 6) is 2.53. The van der Waals surface area contributed by atoms with Crippen LogP contribution < -0.4 is 14.8 Å². The number of hydrogen-bond acceptors (Lipinski definition) is 5. The van der Waals surface area contributed by atoms with Crippen molar-refractivity contribution in [1.29, 1.82) is 0 Å². The number of terminal acetylenes is 1. The standard InChI is InChI=1S/C22H21N3O4S/c1-2-12-25-30(27,28)19-10-3-8-18(16-19)22(26)24-14-6-15-29-20-11-4-7-17-9-5-13-23-21(17)20/h1,3-5,7-11,13,16,25H,6,12,14-15H2,(H,24,26). The van der Waals surface area contributed by atoms with Crippen LogP contribution in [-0.2, 0) is 10.0 Å². The van der Waals surface area contributed by atoms with E-state index < -0.39 is 10.0 Å². The molecule has 1 aromatic heterocycles. The van der Waals surface area contributed by atoms with Gasteiger partial charge in [0.25, 0.3) is 5.91 Å². The van der Waals surface area contributed by atoms with Gasteiger partial charge in [-0.1, -0.05) is 30.2 Å². The Morgan fingerprint density at radius 2 is 1.93 bits per heavy atom. The molecule has 0 unspecified atom stereocenters. The lowest BCUT2D eigenvalue weighted by Gasteiger charge is -2.10. The molecule has 0 aliphatic carbocycles. The van der Waals surface area contributed by atoms with Gasteiger partial charge in [-0.2, -0.15) is 4.72 Å². The summed E-state index contributed by atoms with van der Waals surface area (Å²) in [6.07, 6.45) is 7.38. The number of sulfonamides is 1. The number of ether oxygens (including phenoxy) is 1. The molecule has 0 saturated carbocycles. The highest BCUT2D eigenvalue weighted by atomic mass is 32.2. The fourth-order valence-electron chi connectivity index (χ4n) is 2.78. The number of rotatable bonds is 9. The number of benzene rings is 2. The second-order valence-corrected chi connectivity index (χ2v) is 8.11. The van der Waals surface area contributed by atoms with Crippen LogP contribution in [0.25, 0.3) is 10.9 Å². The molecule has 3 aromatic rings. The quantitative estimate of drug-likeness (QED) is 0.407. The smallest absolute Gasteiger partial charge is 0.251 e. The summed E-state index contributed by atoms with van der Waals surface area (Å²) in [5, 5.41) is 3.76. The van der Waals surface area contributed by atoms with Gasteiger partial charge in [-0.3, -0.25) is 9.78 Å². The number of aromatic nitrogens is 1. The van der Waals surface area contributed by atoms with Crippen molar-refractivity contribution >= 4 is 26.8 Å². The lowest BCUT2D eigenvalue weighted by Crippen LogP contribution is -2.27. The second-order valence-electron chi connectivity index (χ2n) is 6.35. The van der Waals surface area contributed by atoms with Gasteiger partial charge in [-0.05, 0) is 36.8 Å². The van der Waals surface area contributed by atoms with Gasteiger partial charge in [0.15, 0.2) is 0 Å². The number of nitrogens with one attached hydrogen (secondary N) is 2. The Morgan fingerprint density at radius 1 is 1.13 bits per heavy atom. The van der Waals surface area contributed by atoms with Crippen molar-refractivity contribution in [1.82, 2.24) is 15.0 Å². The molecule has 30 heavy (non-hydrogen) atoms. The van der Waals surface area contributed by atoms with Crippen LogP contribution >= 0.6 is 0 Å². The summed E-state index contributed by atoms with van der Waals surface area (Å²) in [4.78, 5) is 16.7.